The third-order valence-electron chi connectivity index (χ3n) is 0.562. The van der Waals surface area contributed by atoms with Gasteiger partial charge in [0.1, 0.15) is 0 Å². The summed E-state index contributed by atoms with van der Waals surface area (Å²) in [7, 11) is -3.40. The van der Waals surface area contributed by atoms with Crippen molar-refractivity contribution in [3.8, 4) is 0 Å². The van der Waals surface area contributed by atoms with E-state index in [9.17, 15) is 4.57 Å². The second kappa shape index (κ2) is 3.20. The van der Waals surface area contributed by atoms with Gasteiger partial charge in [-0.05, 0) is 6.92 Å². The van der Waals surface area contributed by atoms with Gasteiger partial charge < -0.3 is 15.2 Å². The molecule has 0 aromatic carbocycles. The highest BCUT2D eigenvalue weighted by Gasteiger charge is 2.13. The lowest BCUT2D eigenvalue weighted by atomic mass is 10.9. The van der Waals surface area contributed by atoms with E-state index in [4.69, 9.17) is 10.6 Å². The van der Waals surface area contributed by atoms with Gasteiger partial charge in [-0.25, -0.2) is 0 Å². The molecule has 0 fully saturated rings. The molecule has 0 saturated carbocycles. The minimum atomic E-state index is -3.40. The topological polar surface area (TPSA) is 72.5 Å². The van der Waals surface area contributed by atoms with Gasteiger partial charge in [0, 0.05) is 0 Å². The van der Waals surface area contributed by atoms with Crippen molar-refractivity contribution in [2.45, 2.75) is 6.92 Å². The molecule has 0 heterocycles. The maximum atomic E-state index is 10.4. The normalized spacial score (nSPS) is 17.9. The minimum absolute atomic E-state index is 0.227. The van der Waals surface area contributed by atoms with Crippen molar-refractivity contribution in [1.82, 2.24) is 0 Å². The van der Waals surface area contributed by atoms with Gasteiger partial charge in [-0.1, -0.05) is 0 Å². The van der Waals surface area contributed by atoms with Crippen molar-refractivity contribution >= 4 is 7.60 Å². The third-order valence-corrected chi connectivity index (χ3v) is 1.68. The van der Waals surface area contributed by atoms with Crippen molar-refractivity contribution in [1.29, 1.82) is 0 Å². The molecule has 0 radical (unpaired) electrons. The first-order valence-corrected chi connectivity index (χ1v) is 4.05. The van der Waals surface area contributed by atoms with Crippen LogP contribution in [-0.4, -0.2) is 17.8 Å². The van der Waals surface area contributed by atoms with Crippen molar-refractivity contribution in [3.63, 3.8) is 0 Å². The summed E-state index contributed by atoms with van der Waals surface area (Å²) in [6.45, 7) is 1.86. The molecule has 0 rings (SSSR count). The molecule has 0 aliphatic carbocycles. The largest absolute Gasteiger partial charge is 0.341 e. The highest BCUT2D eigenvalue weighted by atomic mass is 31.2. The maximum Gasteiger partial charge on any atom is 0.341 e. The van der Waals surface area contributed by atoms with Crippen molar-refractivity contribution < 1.29 is 14.0 Å². The highest BCUT2D eigenvalue weighted by molar-refractivity contribution is 7.52. The summed E-state index contributed by atoms with van der Waals surface area (Å²) in [6, 6.07) is 0. The zero-order valence-corrected chi connectivity index (χ0v) is 5.60. The molecule has 0 aliphatic rings. The Morgan fingerprint density at radius 1 is 1.88 bits per heavy atom. The second-order valence-electron chi connectivity index (χ2n) is 1.24. The van der Waals surface area contributed by atoms with Gasteiger partial charge in [0.2, 0.25) is 0 Å². The van der Waals surface area contributed by atoms with Gasteiger partial charge in [-0.2, -0.15) is 0 Å². The van der Waals surface area contributed by atoms with Crippen LogP contribution in [0.1, 0.15) is 6.92 Å². The van der Waals surface area contributed by atoms with Gasteiger partial charge in [0.25, 0.3) is 0 Å². The Morgan fingerprint density at radius 2 is 2.38 bits per heavy atom. The van der Waals surface area contributed by atoms with E-state index in [1.54, 1.807) is 6.92 Å². The molecule has 5 heteroatoms. The molecule has 1 atom stereocenters. The lowest BCUT2D eigenvalue weighted by molar-refractivity contribution is 0.274. The van der Waals surface area contributed by atoms with E-state index >= 15 is 0 Å². The first-order chi connectivity index (χ1) is 3.62. The van der Waals surface area contributed by atoms with E-state index in [1.165, 1.54) is 0 Å². The summed E-state index contributed by atoms with van der Waals surface area (Å²) in [4.78, 5) is 8.53. The number of nitrogens with two attached hydrogens (primary N) is 1. The van der Waals surface area contributed by atoms with Gasteiger partial charge in [-0.3, -0.25) is 4.57 Å². The molecule has 0 aromatic heterocycles. The second-order valence-corrected chi connectivity index (χ2v) is 3.14. The molecule has 1 unspecified atom stereocenters. The molecule has 8 heavy (non-hydrogen) atoms. The number of hydrogen-bond donors (Lipinski definition) is 2. The average Bonchev–Trinajstić information content (AvgIpc) is 1.67. The van der Waals surface area contributed by atoms with Gasteiger partial charge >= 0.3 is 7.60 Å². The monoisotopic (exact) mass is 139 g/mol. The quantitative estimate of drug-likeness (QED) is 0.545. The molecule has 3 N–H and O–H groups in total. The van der Waals surface area contributed by atoms with Crippen molar-refractivity contribution in [2.75, 3.05) is 12.9 Å². The molecule has 4 nitrogen and oxygen atoms in total. The molecule has 0 amide bonds. The van der Waals surface area contributed by atoms with Crippen LogP contribution in [-0.2, 0) is 9.09 Å². The van der Waals surface area contributed by atoms with Crippen molar-refractivity contribution in [2.24, 2.45) is 5.73 Å². The molecule has 0 aromatic rings. The van der Waals surface area contributed by atoms with Crippen LogP contribution in [0.4, 0.5) is 0 Å². The van der Waals surface area contributed by atoms with E-state index in [1.807, 2.05) is 0 Å². The van der Waals surface area contributed by atoms with Crippen LogP contribution in [0.5, 0.6) is 0 Å². The Bertz CT molecular complexity index is 105. The van der Waals surface area contributed by atoms with Crippen LogP contribution >= 0.6 is 7.60 Å². The van der Waals surface area contributed by atoms with E-state index in [2.05, 4.69) is 4.52 Å². The zero-order chi connectivity index (χ0) is 6.62. The predicted octanol–water partition coefficient (Wildman–Crippen LogP) is 0.125. The fourth-order valence-electron chi connectivity index (χ4n) is 0.254. The molecule has 0 saturated heterocycles. The molecule has 0 bridgehead atoms. The SMILES string of the molecule is CCOP(=O)(O)CN. The van der Waals surface area contributed by atoms with Crippen LogP contribution in [0.3, 0.4) is 0 Å². The Balaban J connectivity index is 3.55. The van der Waals surface area contributed by atoms with E-state index < -0.39 is 7.60 Å². The maximum absolute atomic E-state index is 10.4. The number of rotatable bonds is 3. The Kier molecular flexibility index (Phi) is 3.24. The van der Waals surface area contributed by atoms with Gasteiger partial charge in [-0.15, -0.1) is 0 Å². The molecular weight excluding hydrogens is 129 g/mol. The van der Waals surface area contributed by atoms with Gasteiger partial charge in [0.05, 0.1) is 12.9 Å². The van der Waals surface area contributed by atoms with Crippen molar-refractivity contribution in [3.05, 3.63) is 0 Å². The molecule has 0 aliphatic heterocycles. The summed E-state index contributed by atoms with van der Waals surface area (Å²) in [5, 5.41) is 0. The summed E-state index contributed by atoms with van der Waals surface area (Å²) >= 11 is 0. The van der Waals surface area contributed by atoms with Crippen LogP contribution in [0.15, 0.2) is 0 Å². The smallest absolute Gasteiger partial charge is 0.323 e. The van der Waals surface area contributed by atoms with E-state index in [0.29, 0.717) is 0 Å². The predicted molar refractivity (Wildman–Crippen MR) is 30.5 cm³/mol. The van der Waals surface area contributed by atoms with E-state index in [-0.39, 0.29) is 12.9 Å². The van der Waals surface area contributed by atoms with Crippen LogP contribution in [0.25, 0.3) is 0 Å². The first-order valence-electron chi connectivity index (χ1n) is 2.29. The highest BCUT2D eigenvalue weighted by Crippen LogP contribution is 2.38. The summed E-state index contributed by atoms with van der Waals surface area (Å²) in [5.74, 6) is 0. The number of hydrogen-bond acceptors (Lipinski definition) is 3. The first kappa shape index (κ1) is 8.11. The standard InChI is InChI=1S/C3H10NO3P/c1-2-7-8(5,6)3-4/h2-4H2,1H3,(H,5,6). The summed E-state index contributed by atoms with van der Waals surface area (Å²) < 4.78 is 14.8. The van der Waals surface area contributed by atoms with Crippen LogP contribution < -0.4 is 5.73 Å². The minimum Gasteiger partial charge on any atom is -0.323 e. The Morgan fingerprint density at radius 3 is 2.50 bits per heavy atom. The molecule has 50 valence electrons. The fraction of sp³-hybridized carbons (Fsp3) is 1.00. The zero-order valence-electron chi connectivity index (χ0n) is 4.70. The van der Waals surface area contributed by atoms with Crippen LogP contribution in [0, 0.1) is 0 Å². The Labute approximate surface area is 48.2 Å². The fourth-order valence-corrected chi connectivity index (χ4v) is 0.763. The molecular formula is C3H10NO3P. The van der Waals surface area contributed by atoms with Gasteiger partial charge in [0.15, 0.2) is 0 Å². The van der Waals surface area contributed by atoms with E-state index in [0.717, 1.165) is 0 Å². The van der Waals surface area contributed by atoms with Crippen LogP contribution in [0.2, 0.25) is 0 Å². The lowest BCUT2D eigenvalue weighted by Gasteiger charge is -2.05. The summed E-state index contributed by atoms with van der Waals surface area (Å²) in [6.07, 6.45) is -0.305. The molecule has 0 spiro atoms. The lowest BCUT2D eigenvalue weighted by Crippen LogP contribution is -2.02. The summed E-state index contributed by atoms with van der Waals surface area (Å²) in [5.41, 5.74) is 4.85. The average molecular weight is 139 g/mol. The Hall–Kier alpha value is 0.110. The third kappa shape index (κ3) is 3.16.